The van der Waals surface area contributed by atoms with Gasteiger partial charge in [0.2, 0.25) is 0 Å². The Balaban J connectivity index is 1.27. The number of hydrogen-bond donors (Lipinski definition) is 1. The molecule has 6 rings (SSSR count). The van der Waals surface area contributed by atoms with Crippen molar-refractivity contribution < 1.29 is 28.8 Å². The normalized spacial score (nSPS) is 20.3. The lowest BCUT2D eigenvalue weighted by molar-refractivity contribution is -0.0944. The Bertz CT molecular complexity index is 1660. The van der Waals surface area contributed by atoms with Crippen LogP contribution in [0.1, 0.15) is 36.3 Å². The van der Waals surface area contributed by atoms with E-state index in [2.05, 4.69) is 14.9 Å². The molecule has 3 aromatic carbocycles. The molecule has 2 aliphatic rings. The van der Waals surface area contributed by atoms with Crippen molar-refractivity contribution >= 4 is 11.7 Å². The van der Waals surface area contributed by atoms with Crippen molar-refractivity contribution in [2.75, 3.05) is 47.1 Å². The highest BCUT2D eigenvalue weighted by atomic mass is 16.6. The van der Waals surface area contributed by atoms with Gasteiger partial charge in [0.1, 0.15) is 35.3 Å². The largest absolute Gasteiger partial charge is 0.497 e. The summed E-state index contributed by atoms with van der Waals surface area (Å²) in [7, 11) is 3.26. The zero-order valence-electron chi connectivity index (χ0n) is 26.8. The second-order valence-electron chi connectivity index (χ2n) is 11.5. The predicted molar refractivity (Wildman–Crippen MR) is 176 cm³/mol. The summed E-state index contributed by atoms with van der Waals surface area (Å²) >= 11 is 0. The number of amidine groups is 1. The van der Waals surface area contributed by atoms with Gasteiger partial charge < -0.3 is 33.7 Å². The zero-order chi connectivity index (χ0) is 32.8. The molecule has 3 heterocycles. The van der Waals surface area contributed by atoms with E-state index in [9.17, 15) is 9.90 Å². The van der Waals surface area contributed by atoms with Crippen LogP contribution in [0, 0.1) is 0 Å². The molecule has 2 aliphatic heterocycles. The van der Waals surface area contributed by atoms with Gasteiger partial charge in [0.05, 0.1) is 40.1 Å². The Kier molecular flexibility index (Phi) is 9.98. The van der Waals surface area contributed by atoms with E-state index in [4.69, 9.17) is 23.7 Å². The maximum absolute atomic E-state index is 13.1. The van der Waals surface area contributed by atoms with E-state index in [0.29, 0.717) is 19.0 Å². The van der Waals surface area contributed by atoms with Gasteiger partial charge in [-0.1, -0.05) is 54.6 Å². The van der Waals surface area contributed by atoms with E-state index in [1.165, 1.54) is 4.57 Å². The number of hydrogen-bond acceptors (Lipinski definition) is 9. The van der Waals surface area contributed by atoms with Crippen LogP contribution in [0.15, 0.2) is 101 Å². The minimum atomic E-state index is -1.07. The third-order valence-corrected chi connectivity index (χ3v) is 8.71. The summed E-state index contributed by atoms with van der Waals surface area (Å²) in [4.78, 5) is 23.9. The zero-order valence-corrected chi connectivity index (χ0v) is 26.8. The Labute approximate surface area is 274 Å². The van der Waals surface area contributed by atoms with Crippen molar-refractivity contribution in [1.82, 2.24) is 14.5 Å². The first kappa shape index (κ1) is 32.4. The highest BCUT2D eigenvalue weighted by molar-refractivity contribution is 5.82. The average molecular weight is 641 g/mol. The Morgan fingerprint density at radius 1 is 0.915 bits per heavy atom. The smallest absolute Gasteiger partial charge is 0.351 e. The maximum Gasteiger partial charge on any atom is 0.351 e. The fraction of sp³-hybridized carbons (Fsp3) is 0.361. The van der Waals surface area contributed by atoms with Gasteiger partial charge >= 0.3 is 5.69 Å². The van der Waals surface area contributed by atoms with Gasteiger partial charge in [-0.3, -0.25) is 4.57 Å². The first-order chi connectivity index (χ1) is 22.9. The lowest BCUT2D eigenvalue weighted by Gasteiger charge is -2.37. The molecule has 0 radical (unpaired) electrons. The summed E-state index contributed by atoms with van der Waals surface area (Å²) in [6.45, 7) is 4.70. The molecule has 0 amide bonds. The van der Waals surface area contributed by atoms with E-state index in [1.54, 1.807) is 26.5 Å². The van der Waals surface area contributed by atoms with Crippen molar-refractivity contribution in [2.45, 2.75) is 37.4 Å². The standard InChI is InChI=1S/C36H40N4O7/c1-25(39-19-21-45-22-20-39)37-33-17-18-40(35(42)38-33)34-23-31(41)32(47-34)24-46-36(26-7-5-4-6-8-26,27-9-13-29(43-2)14-10-27)28-11-15-30(44-3)16-12-28/h4-18,31-32,34,41H,19-24H2,1-3H3/t31-,32-,34-/m1/s1. The third kappa shape index (κ3) is 6.93. The number of benzene rings is 3. The number of aliphatic imine (C=N–C) groups is 1. The molecule has 4 aromatic rings. The van der Waals surface area contributed by atoms with E-state index in [-0.39, 0.29) is 13.0 Å². The molecule has 0 saturated carbocycles. The summed E-state index contributed by atoms with van der Waals surface area (Å²) in [5.41, 5.74) is 1.04. The highest BCUT2D eigenvalue weighted by Crippen LogP contribution is 2.42. The summed E-state index contributed by atoms with van der Waals surface area (Å²) in [5.74, 6) is 2.53. The van der Waals surface area contributed by atoms with Crippen LogP contribution >= 0.6 is 0 Å². The number of nitrogens with zero attached hydrogens (tertiary/aromatic N) is 4. The van der Waals surface area contributed by atoms with Crippen molar-refractivity contribution in [2.24, 2.45) is 4.99 Å². The van der Waals surface area contributed by atoms with Crippen LogP contribution in [0.4, 0.5) is 5.82 Å². The molecule has 11 heteroatoms. The van der Waals surface area contributed by atoms with Crippen molar-refractivity contribution in [3.05, 3.63) is 118 Å². The molecule has 2 fully saturated rings. The van der Waals surface area contributed by atoms with Gasteiger partial charge in [0, 0.05) is 25.7 Å². The van der Waals surface area contributed by atoms with Gasteiger partial charge in [-0.15, -0.1) is 0 Å². The molecule has 2 saturated heterocycles. The fourth-order valence-electron chi connectivity index (χ4n) is 6.13. The molecule has 0 spiro atoms. The first-order valence-corrected chi connectivity index (χ1v) is 15.7. The molecule has 3 atom stereocenters. The Morgan fingerprint density at radius 3 is 2.09 bits per heavy atom. The van der Waals surface area contributed by atoms with Crippen molar-refractivity contribution in [3.63, 3.8) is 0 Å². The molecular formula is C36H40N4O7. The molecule has 0 aliphatic carbocycles. The van der Waals surface area contributed by atoms with Crippen LogP contribution in [0.5, 0.6) is 11.5 Å². The molecule has 11 nitrogen and oxygen atoms in total. The molecule has 1 N–H and O–H groups in total. The molecular weight excluding hydrogens is 600 g/mol. The highest BCUT2D eigenvalue weighted by Gasteiger charge is 2.42. The quantitative estimate of drug-likeness (QED) is 0.154. The third-order valence-electron chi connectivity index (χ3n) is 8.71. The van der Waals surface area contributed by atoms with E-state index < -0.39 is 29.7 Å². The minimum absolute atomic E-state index is 0.0356. The first-order valence-electron chi connectivity index (χ1n) is 15.7. The van der Waals surface area contributed by atoms with Gasteiger partial charge in [0.15, 0.2) is 5.82 Å². The maximum atomic E-state index is 13.1. The molecule has 1 aromatic heterocycles. The van der Waals surface area contributed by atoms with Gasteiger partial charge in [0.25, 0.3) is 0 Å². The van der Waals surface area contributed by atoms with Crippen LogP contribution in [-0.2, 0) is 19.8 Å². The lowest BCUT2D eigenvalue weighted by Crippen LogP contribution is -2.39. The van der Waals surface area contributed by atoms with Crippen LogP contribution in [0.2, 0.25) is 0 Å². The van der Waals surface area contributed by atoms with Crippen molar-refractivity contribution in [3.8, 4) is 11.5 Å². The van der Waals surface area contributed by atoms with E-state index in [1.807, 2.05) is 85.8 Å². The van der Waals surface area contributed by atoms with Gasteiger partial charge in [-0.05, 0) is 53.9 Å². The number of aromatic nitrogens is 2. The summed E-state index contributed by atoms with van der Waals surface area (Å²) in [6, 6.07) is 27.1. The molecule has 47 heavy (non-hydrogen) atoms. The topological polar surface area (TPSA) is 117 Å². The Morgan fingerprint density at radius 2 is 1.51 bits per heavy atom. The molecule has 246 valence electrons. The number of aliphatic hydroxyl groups excluding tert-OH is 1. The van der Waals surface area contributed by atoms with E-state index in [0.717, 1.165) is 47.1 Å². The molecule has 0 bridgehead atoms. The predicted octanol–water partition coefficient (Wildman–Crippen LogP) is 4.30. The summed E-state index contributed by atoms with van der Waals surface area (Å²) < 4.78 is 30.9. The Hall–Kier alpha value is -4.55. The fourth-order valence-corrected chi connectivity index (χ4v) is 6.13. The van der Waals surface area contributed by atoms with Crippen LogP contribution in [-0.4, -0.2) is 84.7 Å². The lowest BCUT2D eigenvalue weighted by atomic mass is 9.80. The van der Waals surface area contributed by atoms with Gasteiger partial charge in [-0.25, -0.2) is 9.79 Å². The second kappa shape index (κ2) is 14.5. The average Bonchev–Trinajstić information content (AvgIpc) is 3.49. The van der Waals surface area contributed by atoms with Crippen LogP contribution in [0.3, 0.4) is 0 Å². The summed E-state index contributed by atoms with van der Waals surface area (Å²) in [6.07, 6.45) is -0.495. The minimum Gasteiger partial charge on any atom is -0.497 e. The van der Waals surface area contributed by atoms with Crippen LogP contribution < -0.4 is 15.2 Å². The van der Waals surface area contributed by atoms with Crippen molar-refractivity contribution in [1.29, 1.82) is 0 Å². The number of methoxy groups -OCH3 is 2. The summed E-state index contributed by atoms with van der Waals surface area (Å²) in [5, 5.41) is 11.2. The number of ether oxygens (including phenoxy) is 5. The number of rotatable bonds is 10. The van der Waals surface area contributed by atoms with Gasteiger partial charge in [-0.2, -0.15) is 4.98 Å². The monoisotopic (exact) mass is 640 g/mol. The SMILES string of the molecule is COc1ccc(C(OC[C@H]2O[C@@H](n3ccc(N=C(C)N4CCOCC4)nc3=O)C[C@H]2O)(c2ccccc2)c2ccc(OC)cc2)cc1. The number of morpholine rings is 1. The van der Waals surface area contributed by atoms with Crippen LogP contribution in [0.25, 0.3) is 0 Å². The molecule has 0 unspecified atom stereocenters. The van der Waals surface area contributed by atoms with E-state index >= 15 is 0 Å². The second-order valence-corrected chi connectivity index (χ2v) is 11.5. The number of aliphatic hydroxyl groups is 1.